The highest BCUT2D eigenvalue weighted by Gasteiger charge is 2.61. The Hall–Kier alpha value is -5.25. The van der Waals surface area contributed by atoms with Crippen LogP contribution in [0.3, 0.4) is 0 Å². The van der Waals surface area contributed by atoms with Gasteiger partial charge in [0.1, 0.15) is 48.2 Å². The lowest BCUT2D eigenvalue weighted by Crippen LogP contribution is -2.75. The number of aliphatic carboxylic acids is 1. The first-order chi connectivity index (χ1) is 27.2. The Morgan fingerprint density at radius 3 is 2.61 bits per heavy atom. The molecule has 0 bridgehead atoms. The summed E-state index contributed by atoms with van der Waals surface area (Å²) in [5.41, 5.74) is 6.40. The standard InChI is InChI=1S/C32H33N9O13S3/c33-26-21-27(35-13-34-26)40(14-36-21)29-25(44)24(43)19(54-29)11-53-57(50,51)37-9-15-3-5-17(6-4-15)38-32(48)52-10-16-12-56(49)30-22(28(45)41(30)23(16)31(46)47)39-20(42)8-18-2-1-7-55-18/h1-7,13-14,19,22,24-25,29-30,37,43-44H,8-12H2,(H,38,48)(H,39,42)(H,46,47)(H2,33,34,35)/t19-,22-,24-,25-,29-,30-,56?/m1/s1. The number of aliphatic hydroxyl groups excluding tert-OH is 2. The van der Waals surface area contributed by atoms with Crippen molar-refractivity contribution in [1.82, 2.24) is 34.5 Å². The number of imidazole rings is 1. The van der Waals surface area contributed by atoms with Crippen molar-refractivity contribution in [2.75, 3.05) is 30.0 Å². The maximum Gasteiger partial charge on any atom is 0.411 e. The fourth-order valence-corrected chi connectivity index (χ4v) is 9.41. The van der Waals surface area contributed by atoms with E-state index >= 15 is 0 Å². The van der Waals surface area contributed by atoms with Crippen LogP contribution in [0.15, 0.2) is 65.7 Å². The molecule has 22 nitrogen and oxygen atoms in total. The summed E-state index contributed by atoms with van der Waals surface area (Å²) < 4.78 is 57.7. The van der Waals surface area contributed by atoms with Crippen LogP contribution in [0.25, 0.3) is 11.2 Å². The number of fused-ring (bicyclic) bond motifs is 2. The van der Waals surface area contributed by atoms with Crippen molar-refractivity contribution in [2.24, 2.45) is 0 Å². The minimum absolute atomic E-state index is 0.00554. The zero-order valence-electron chi connectivity index (χ0n) is 29.2. The van der Waals surface area contributed by atoms with Gasteiger partial charge in [-0.2, -0.15) is 13.1 Å². The lowest BCUT2D eigenvalue weighted by molar-refractivity contribution is -0.151. The maximum absolute atomic E-state index is 13.1. The van der Waals surface area contributed by atoms with Crippen LogP contribution in [0, 0.1) is 0 Å². The number of β-lactam (4-membered cyclic amide) rings is 1. The number of aliphatic hydroxyl groups is 2. The zero-order valence-corrected chi connectivity index (χ0v) is 31.6. The summed E-state index contributed by atoms with van der Waals surface area (Å²) >= 11 is -0.465. The number of ether oxygens (including phenoxy) is 2. The van der Waals surface area contributed by atoms with E-state index in [0.29, 0.717) is 5.56 Å². The molecule has 0 saturated carbocycles. The number of amides is 3. The molecule has 0 radical (unpaired) electrons. The van der Waals surface area contributed by atoms with E-state index in [4.69, 9.17) is 19.4 Å². The van der Waals surface area contributed by atoms with Gasteiger partial charge in [-0.05, 0) is 40.3 Å². The molecule has 7 rings (SSSR count). The third kappa shape index (κ3) is 8.41. The second-order valence-corrected chi connectivity index (χ2v) is 16.8. The summed E-state index contributed by atoms with van der Waals surface area (Å²) in [6.45, 7) is -1.49. The van der Waals surface area contributed by atoms with Gasteiger partial charge in [0.05, 0.1) is 19.4 Å². The number of carboxylic acids is 1. The molecule has 2 saturated heterocycles. The number of carboxylic acid groups (broad SMARTS) is 1. The number of nitrogens with one attached hydrogen (secondary N) is 3. The molecule has 1 aromatic carbocycles. The summed E-state index contributed by atoms with van der Waals surface area (Å²) in [6.07, 6.45) is -3.96. The first-order valence-corrected chi connectivity index (χ1v) is 20.5. The predicted molar refractivity (Wildman–Crippen MR) is 197 cm³/mol. The van der Waals surface area contributed by atoms with E-state index in [0.717, 1.165) is 9.78 Å². The number of anilines is 2. The van der Waals surface area contributed by atoms with E-state index in [-0.39, 0.29) is 47.0 Å². The van der Waals surface area contributed by atoms with Gasteiger partial charge in [0.15, 0.2) is 23.7 Å². The van der Waals surface area contributed by atoms with Gasteiger partial charge in [-0.1, -0.05) is 18.2 Å². The number of carbonyl (C=O) groups excluding carboxylic acids is 3. The molecule has 0 spiro atoms. The van der Waals surface area contributed by atoms with E-state index in [1.165, 1.54) is 52.8 Å². The first-order valence-electron chi connectivity index (χ1n) is 16.8. The SMILES string of the molecule is Nc1ncnc2c1ncn2[C@@H]1O[C@H](COS(=O)(=O)NCc2ccc(NC(=O)OCC3=C(C(=O)O)N4C(=O)[C@@H](NC(=O)Cc5cccs5)[C@H]4[S+]([O-])C3)cc2)[C@@H](O)[C@H]1O. The number of nitrogen functional groups attached to an aromatic ring is 1. The number of rotatable bonds is 14. The summed E-state index contributed by atoms with van der Waals surface area (Å²) in [5, 5.41) is 36.7. The maximum atomic E-state index is 13.1. The van der Waals surface area contributed by atoms with Crippen LogP contribution in [0.2, 0.25) is 0 Å². The van der Waals surface area contributed by atoms with Gasteiger partial charge in [-0.15, -0.1) is 11.3 Å². The van der Waals surface area contributed by atoms with Crippen LogP contribution >= 0.6 is 11.3 Å². The number of carbonyl (C=O) groups is 4. The lowest BCUT2D eigenvalue weighted by Gasteiger charge is -2.48. The molecule has 3 amide bonds. The fraction of sp³-hybridized carbons (Fsp3) is 0.344. The number of hydrogen-bond donors (Lipinski definition) is 7. The summed E-state index contributed by atoms with van der Waals surface area (Å²) in [4.78, 5) is 63.8. The van der Waals surface area contributed by atoms with Crippen LogP contribution in [0.1, 0.15) is 16.7 Å². The van der Waals surface area contributed by atoms with Crippen molar-refractivity contribution in [3.05, 3.63) is 76.1 Å². The Bertz CT molecular complexity index is 2330. The molecular formula is C32H33N9O13S3. The zero-order chi connectivity index (χ0) is 40.6. The molecular weight excluding hydrogens is 815 g/mol. The van der Waals surface area contributed by atoms with Crippen LogP contribution in [0.5, 0.6) is 0 Å². The van der Waals surface area contributed by atoms with E-state index in [9.17, 15) is 47.5 Å². The minimum Gasteiger partial charge on any atom is -0.614 e. The van der Waals surface area contributed by atoms with Gasteiger partial charge in [-0.25, -0.2) is 24.5 Å². The lowest BCUT2D eigenvalue weighted by atomic mass is 10.0. The molecule has 3 aromatic heterocycles. The van der Waals surface area contributed by atoms with E-state index < -0.39 is 100 Å². The Labute approximate surface area is 329 Å². The van der Waals surface area contributed by atoms with Crippen molar-refractivity contribution >= 4 is 79.4 Å². The van der Waals surface area contributed by atoms with Gasteiger partial charge < -0.3 is 40.4 Å². The van der Waals surface area contributed by atoms with Gasteiger partial charge in [0.2, 0.25) is 11.3 Å². The highest BCUT2D eigenvalue weighted by atomic mass is 32.2. The fourth-order valence-electron chi connectivity index (χ4n) is 6.30. The average molecular weight is 848 g/mol. The molecule has 4 aromatic rings. The smallest absolute Gasteiger partial charge is 0.411 e. The number of aromatic nitrogens is 4. The number of hydrogen-bond acceptors (Lipinski definition) is 17. The summed E-state index contributed by atoms with van der Waals surface area (Å²) in [5.74, 6) is -2.95. The summed E-state index contributed by atoms with van der Waals surface area (Å²) in [6, 6.07) is 8.18. The Morgan fingerprint density at radius 2 is 1.89 bits per heavy atom. The normalized spacial score (nSPS) is 24.6. The molecule has 3 aliphatic heterocycles. The number of benzene rings is 1. The third-order valence-electron chi connectivity index (χ3n) is 9.06. The van der Waals surface area contributed by atoms with Gasteiger partial charge in [-0.3, -0.25) is 28.6 Å². The molecule has 8 N–H and O–H groups in total. The van der Waals surface area contributed by atoms with E-state index in [1.807, 2.05) is 0 Å². The molecule has 57 heavy (non-hydrogen) atoms. The monoisotopic (exact) mass is 847 g/mol. The van der Waals surface area contributed by atoms with Crippen LogP contribution < -0.4 is 21.1 Å². The predicted octanol–water partition coefficient (Wildman–Crippen LogP) is -1.31. The van der Waals surface area contributed by atoms with Gasteiger partial charge in [0, 0.05) is 22.7 Å². The quantitative estimate of drug-likeness (QED) is 0.0572. The molecule has 1 unspecified atom stereocenters. The van der Waals surface area contributed by atoms with E-state index in [2.05, 4.69) is 30.3 Å². The molecule has 2 fully saturated rings. The minimum atomic E-state index is -4.39. The molecule has 3 aliphatic rings. The Morgan fingerprint density at radius 1 is 1.12 bits per heavy atom. The molecule has 25 heteroatoms. The number of thiophene rings is 1. The first kappa shape index (κ1) is 40.0. The summed E-state index contributed by atoms with van der Waals surface area (Å²) in [7, 11) is -4.39. The molecule has 302 valence electrons. The topological polar surface area (TPSA) is 323 Å². The average Bonchev–Trinajstić information content (AvgIpc) is 3.92. The second kappa shape index (κ2) is 16.3. The van der Waals surface area contributed by atoms with Gasteiger partial charge in [0.25, 0.3) is 5.91 Å². The van der Waals surface area contributed by atoms with Crippen molar-refractivity contribution in [3.63, 3.8) is 0 Å². The van der Waals surface area contributed by atoms with Crippen molar-refractivity contribution in [2.45, 2.75) is 48.9 Å². The molecule has 7 atom stereocenters. The van der Waals surface area contributed by atoms with Crippen molar-refractivity contribution in [1.29, 1.82) is 0 Å². The van der Waals surface area contributed by atoms with Crippen LogP contribution in [0.4, 0.5) is 16.3 Å². The van der Waals surface area contributed by atoms with E-state index in [1.54, 1.807) is 17.5 Å². The van der Waals surface area contributed by atoms with Gasteiger partial charge >= 0.3 is 22.4 Å². The highest BCUT2D eigenvalue weighted by Crippen LogP contribution is 2.37. The molecule has 6 heterocycles. The second-order valence-electron chi connectivity index (χ2n) is 12.8. The Balaban J connectivity index is 0.874. The largest absolute Gasteiger partial charge is 0.614 e. The number of nitrogens with zero attached hydrogens (tertiary/aromatic N) is 5. The Kier molecular flexibility index (Phi) is 11.4. The van der Waals surface area contributed by atoms with Crippen LogP contribution in [-0.4, -0.2) is 125 Å². The van der Waals surface area contributed by atoms with Crippen molar-refractivity contribution < 1.29 is 61.1 Å². The highest BCUT2D eigenvalue weighted by molar-refractivity contribution is 7.92. The van der Waals surface area contributed by atoms with Crippen LogP contribution in [-0.2, 0) is 62.5 Å². The van der Waals surface area contributed by atoms with Crippen molar-refractivity contribution in [3.8, 4) is 0 Å². The number of nitrogens with two attached hydrogens (primary N) is 1. The molecule has 0 aliphatic carbocycles. The third-order valence-corrected chi connectivity index (χ3v) is 12.5.